The van der Waals surface area contributed by atoms with Gasteiger partial charge in [-0.1, -0.05) is 19.9 Å². The van der Waals surface area contributed by atoms with E-state index in [0.29, 0.717) is 13.1 Å². The average molecular weight is 264 g/mol. The molecule has 5 heteroatoms. The first-order valence-electron chi connectivity index (χ1n) is 6.82. The number of rotatable bonds is 8. The van der Waals surface area contributed by atoms with Gasteiger partial charge < -0.3 is 10.6 Å². The van der Waals surface area contributed by atoms with Gasteiger partial charge in [0.15, 0.2) is 0 Å². The molecule has 0 spiro atoms. The number of nitrogens with one attached hydrogen (secondary N) is 2. The Labute approximate surface area is 115 Å². The van der Waals surface area contributed by atoms with Crippen LogP contribution in [0.2, 0.25) is 0 Å². The van der Waals surface area contributed by atoms with Gasteiger partial charge >= 0.3 is 0 Å². The van der Waals surface area contributed by atoms with Gasteiger partial charge in [0, 0.05) is 20.1 Å². The second kappa shape index (κ2) is 8.48. The Morgan fingerprint density at radius 3 is 2.79 bits per heavy atom. The lowest BCUT2D eigenvalue weighted by molar-refractivity contribution is -0.121. The van der Waals surface area contributed by atoms with Gasteiger partial charge in [-0.25, -0.2) is 4.98 Å². The lowest BCUT2D eigenvalue weighted by Gasteiger charge is -2.19. The monoisotopic (exact) mass is 264 g/mol. The number of anilines is 1. The molecule has 0 aliphatic carbocycles. The summed E-state index contributed by atoms with van der Waals surface area (Å²) in [6, 6.07) is 5.95. The fourth-order valence-corrected chi connectivity index (χ4v) is 1.71. The highest BCUT2D eigenvalue weighted by molar-refractivity contribution is 5.77. The molecule has 0 atom stereocenters. The summed E-state index contributed by atoms with van der Waals surface area (Å²) in [5, 5.41) is 5.91. The fourth-order valence-electron chi connectivity index (χ4n) is 1.71. The molecule has 0 bridgehead atoms. The van der Waals surface area contributed by atoms with Gasteiger partial charge in [-0.3, -0.25) is 9.69 Å². The lowest BCUT2D eigenvalue weighted by atomic mass is 10.3. The van der Waals surface area contributed by atoms with Crippen molar-refractivity contribution in [3.8, 4) is 0 Å². The van der Waals surface area contributed by atoms with Crippen LogP contribution in [0.25, 0.3) is 0 Å². The number of hydrogen-bond donors (Lipinski definition) is 2. The van der Waals surface area contributed by atoms with Crippen molar-refractivity contribution in [1.82, 2.24) is 15.2 Å². The Bertz CT molecular complexity index is 395. The summed E-state index contributed by atoms with van der Waals surface area (Å²) < 4.78 is 0. The molecular formula is C14H24N4O. The van der Waals surface area contributed by atoms with Gasteiger partial charge in [-0.05, 0) is 25.1 Å². The van der Waals surface area contributed by atoms with E-state index in [1.165, 1.54) is 0 Å². The fraction of sp³-hybridized carbons (Fsp3) is 0.571. The Morgan fingerprint density at radius 1 is 1.37 bits per heavy atom. The highest BCUT2D eigenvalue weighted by atomic mass is 16.1. The number of carbonyl (C=O) groups excluding carboxylic acids is 1. The second-order valence-corrected chi connectivity index (χ2v) is 4.42. The summed E-state index contributed by atoms with van der Waals surface area (Å²) in [5.74, 6) is 0.928. The van der Waals surface area contributed by atoms with Crippen molar-refractivity contribution in [3.63, 3.8) is 0 Å². The zero-order chi connectivity index (χ0) is 14.1. The summed E-state index contributed by atoms with van der Waals surface area (Å²) in [4.78, 5) is 18.0. The van der Waals surface area contributed by atoms with Crippen LogP contribution in [0.1, 0.15) is 26.0 Å². The van der Waals surface area contributed by atoms with E-state index in [0.717, 1.165) is 31.0 Å². The van der Waals surface area contributed by atoms with Crippen LogP contribution in [-0.4, -0.2) is 42.5 Å². The second-order valence-electron chi connectivity index (χ2n) is 4.42. The van der Waals surface area contributed by atoms with Crippen LogP contribution < -0.4 is 10.6 Å². The summed E-state index contributed by atoms with van der Waals surface area (Å²) in [6.45, 7) is 7.00. The lowest BCUT2D eigenvalue weighted by Crippen LogP contribution is -2.35. The summed E-state index contributed by atoms with van der Waals surface area (Å²) in [6.07, 6.45) is 1.07. The SMILES string of the molecule is CCCNc1cccc(CN(CC)CC(=O)NC)n1. The van der Waals surface area contributed by atoms with Crippen molar-refractivity contribution in [3.05, 3.63) is 23.9 Å². The van der Waals surface area contributed by atoms with Crippen molar-refractivity contribution in [1.29, 1.82) is 0 Å². The minimum absolute atomic E-state index is 0.0297. The van der Waals surface area contributed by atoms with Crippen LogP contribution in [0.5, 0.6) is 0 Å². The third-order valence-electron chi connectivity index (χ3n) is 2.84. The number of likely N-dealkylation sites (N-methyl/N-ethyl adjacent to an activating group) is 2. The van der Waals surface area contributed by atoms with E-state index < -0.39 is 0 Å². The Balaban J connectivity index is 2.60. The predicted octanol–water partition coefficient (Wildman–Crippen LogP) is 1.47. The number of amides is 1. The molecule has 106 valence electrons. The van der Waals surface area contributed by atoms with Gasteiger partial charge in [-0.15, -0.1) is 0 Å². The normalized spacial score (nSPS) is 10.5. The van der Waals surface area contributed by atoms with Crippen molar-refractivity contribution in [2.45, 2.75) is 26.8 Å². The molecule has 0 aromatic carbocycles. The number of nitrogens with zero attached hydrogens (tertiary/aromatic N) is 2. The zero-order valence-corrected chi connectivity index (χ0v) is 12.1. The molecule has 0 saturated heterocycles. The molecule has 1 heterocycles. The summed E-state index contributed by atoms with van der Waals surface area (Å²) in [5.41, 5.74) is 0.979. The zero-order valence-electron chi connectivity index (χ0n) is 12.1. The van der Waals surface area contributed by atoms with Crippen molar-refractivity contribution >= 4 is 11.7 Å². The maximum atomic E-state index is 11.4. The number of hydrogen-bond acceptors (Lipinski definition) is 4. The highest BCUT2D eigenvalue weighted by Gasteiger charge is 2.09. The minimum atomic E-state index is 0.0297. The maximum Gasteiger partial charge on any atom is 0.233 e. The molecule has 0 fully saturated rings. The minimum Gasteiger partial charge on any atom is -0.370 e. The number of aromatic nitrogens is 1. The van der Waals surface area contributed by atoms with Crippen LogP contribution in [0.4, 0.5) is 5.82 Å². The van der Waals surface area contributed by atoms with Gasteiger partial charge in [-0.2, -0.15) is 0 Å². The average Bonchev–Trinajstić information content (AvgIpc) is 2.44. The summed E-state index contributed by atoms with van der Waals surface area (Å²) >= 11 is 0. The van der Waals surface area contributed by atoms with E-state index in [2.05, 4.69) is 27.4 Å². The largest absolute Gasteiger partial charge is 0.370 e. The molecule has 0 saturated carbocycles. The Hall–Kier alpha value is -1.62. The van der Waals surface area contributed by atoms with Gasteiger partial charge in [0.05, 0.1) is 12.2 Å². The maximum absolute atomic E-state index is 11.4. The molecule has 1 rings (SSSR count). The molecule has 0 aliphatic heterocycles. The van der Waals surface area contributed by atoms with Crippen LogP contribution in [0.3, 0.4) is 0 Å². The smallest absolute Gasteiger partial charge is 0.233 e. The predicted molar refractivity (Wildman–Crippen MR) is 78.0 cm³/mol. The Morgan fingerprint density at radius 2 is 2.16 bits per heavy atom. The van der Waals surface area contributed by atoms with Crippen LogP contribution in [-0.2, 0) is 11.3 Å². The van der Waals surface area contributed by atoms with Gasteiger partial charge in [0.2, 0.25) is 5.91 Å². The first-order chi connectivity index (χ1) is 9.19. The first kappa shape index (κ1) is 15.4. The summed E-state index contributed by atoms with van der Waals surface area (Å²) in [7, 11) is 1.66. The standard InChI is InChI=1S/C14H24N4O/c1-4-9-16-13-8-6-7-12(17-13)10-18(5-2)11-14(19)15-3/h6-8H,4-5,9-11H2,1-3H3,(H,15,19)(H,16,17). The quantitative estimate of drug-likeness (QED) is 0.746. The van der Waals surface area contributed by atoms with Gasteiger partial charge in [0.25, 0.3) is 0 Å². The van der Waals surface area contributed by atoms with E-state index in [9.17, 15) is 4.79 Å². The molecule has 5 nitrogen and oxygen atoms in total. The van der Waals surface area contributed by atoms with Crippen molar-refractivity contribution in [2.75, 3.05) is 32.0 Å². The third kappa shape index (κ3) is 5.70. The molecule has 0 unspecified atom stereocenters. The van der Waals surface area contributed by atoms with Crippen molar-refractivity contribution < 1.29 is 4.79 Å². The molecule has 1 aromatic heterocycles. The van der Waals surface area contributed by atoms with E-state index in [4.69, 9.17) is 0 Å². The van der Waals surface area contributed by atoms with Crippen molar-refractivity contribution in [2.24, 2.45) is 0 Å². The first-order valence-corrected chi connectivity index (χ1v) is 6.82. The Kier molecular flexibility index (Phi) is 6.89. The number of pyridine rings is 1. The molecule has 0 aliphatic rings. The molecule has 2 N–H and O–H groups in total. The molecule has 0 radical (unpaired) electrons. The topological polar surface area (TPSA) is 57.3 Å². The van der Waals surface area contributed by atoms with Crippen LogP contribution in [0, 0.1) is 0 Å². The van der Waals surface area contributed by atoms with Gasteiger partial charge in [0.1, 0.15) is 5.82 Å². The third-order valence-corrected chi connectivity index (χ3v) is 2.84. The molecule has 1 amide bonds. The molecule has 1 aromatic rings. The molecular weight excluding hydrogens is 240 g/mol. The molecule has 19 heavy (non-hydrogen) atoms. The van der Waals surface area contributed by atoms with E-state index >= 15 is 0 Å². The van der Waals surface area contributed by atoms with E-state index in [1.54, 1.807) is 7.05 Å². The van der Waals surface area contributed by atoms with Crippen LogP contribution in [0.15, 0.2) is 18.2 Å². The van der Waals surface area contributed by atoms with E-state index in [1.807, 2.05) is 25.1 Å². The number of carbonyl (C=O) groups is 1. The highest BCUT2D eigenvalue weighted by Crippen LogP contribution is 2.07. The van der Waals surface area contributed by atoms with Crippen LogP contribution >= 0.6 is 0 Å². The van der Waals surface area contributed by atoms with E-state index in [-0.39, 0.29) is 5.91 Å².